The van der Waals surface area contributed by atoms with Crippen molar-refractivity contribution in [3.8, 4) is 44.5 Å². The van der Waals surface area contributed by atoms with Crippen molar-refractivity contribution < 1.29 is 4.42 Å². The van der Waals surface area contributed by atoms with Crippen LogP contribution in [0, 0.1) is 0 Å². The van der Waals surface area contributed by atoms with Crippen LogP contribution in [-0.4, -0.2) is 0 Å². The highest BCUT2D eigenvalue weighted by Gasteiger charge is 2.25. The number of fused-ring (bicyclic) bond motifs is 5. The summed E-state index contributed by atoms with van der Waals surface area (Å²) in [5.74, 6) is 0. The van der Waals surface area contributed by atoms with Gasteiger partial charge in [-0.15, -0.1) is 0 Å². The molecular formula is C56H37NO. The summed E-state index contributed by atoms with van der Waals surface area (Å²) < 4.78 is 6.93. The van der Waals surface area contributed by atoms with E-state index < -0.39 is 0 Å². The van der Waals surface area contributed by atoms with Gasteiger partial charge < -0.3 is 9.32 Å². The van der Waals surface area contributed by atoms with Crippen LogP contribution >= 0.6 is 0 Å². The second kappa shape index (κ2) is 14.1. The van der Waals surface area contributed by atoms with E-state index in [0.29, 0.717) is 0 Å². The number of anilines is 3. The van der Waals surface area contributed by atoms with Crippen molar-refractivity contribution in [1.29, 1.82) is 0 Å². The van der Waals surface area contributed by atoms with Gasteiger partial charge in [-0.3, -0.25) is 0 Å². The number of nitrogens with zero attached hydrogens (tertiary/aromatic N) is 1. The predicted molar refractivity (Wildman–Crippen MR) is 245 cm³/mol. The lowest BCUT2D eigenvalue weighted by atomic mass is 9.94. The summed E-state index contributed by atoms with van der Waals surface area (Å²) in [7, 11) is 0. The molecule has 0 radical (unpaired) electrons. The molecule has 0 saturated carbocycles. The first kappa shape index (κ1) is 33.6. The van der Waals surface area contributed by atoms with E-state index >= 15 is 0 Å². The highest BCUT2D eigenvalue weighted by molar-refractivity contribution is 6.19. The molecule has 0 fully saturated rings. The van der Waals surface area contributed by atoms with E-state index in [2.05, 4.69) is 229 Å². The standard InChI is InChI=1S/C56H37NO/c1-2-14-38(15-3-1)40-28-30-41(31-29-40)44-20-12-21-46(37-44)57(52-26-10-8-23-48(52)45-33-32-39-16-4-5-18-43(39)36-45)53-35-34-50(49-25-13-19-42-17-6-7-22-47(42)49)56-55(53)51-24-9-11-27-54(51)58-56/h1-37H. The Kier molecular flexibility index (Phi) is 8.19. The number of hydrogen-bond donors (Lipinski definition) is 0. The average Bonchev–Trinajstić information content (AvgIpc) is 3.70. The predicted octanol–water partition coefficient (Wildman–Crippen LogP) is 16.0. The Hall–Kier alpha value is -7.68. The molecule has 2 heteroatoms. The summed E-state index contributed by atoms with van der Waals surface area (Å²) >= 11 is 0. The molecule has 0 saturated heterocycles. The van der Waals surface area contributed by atoms with Gasteiger partial charge in [-0.1, -0.05) is 182 Å². The number of para-hydroxylation sites is 2. The maximum absolute atomic E-state index is 6.93. The van der Waals surface area contributed by atoms with Crippen LogP contribution in [-0.2, 0) is 0 Å². The molecular weight excluding hydrogens is 703 g/mol. The Morgan fingerprint density at radius 2 is 0.914 bits per heavy atom. The molecule has 0 spiro atoms. The zero-order valence-electron chi connectivity index (χ0n) is 31.7. The van der Waals surface area contributed by atoms with Gasteiger partial charge >= 0.3 is 0 Å². The van der Waals surface area contributed by atoms with Gasteiger partial charge in [-0.25, -0.2) is 0 Å². The second-order valence-electron chi connectivity index (χ2n) is 14.9. The fraction of sp³-hybridized carbons (Fsp3) is 0. The van der Waals surface area contributed by atoms with Crippen LogP contribution in [0.1, 0.15) is 0 Å². The third-order valence-corrected chi connectivity index (χ3v) is 11.5. The van der Waals surface area contributed by atoms with E-state index in [1.54, 1.807) is 0 Å². The fourth-order valence-corrected chi connectivity index (χ4v) is 8.66. The summed E-state index contributed by atoms with van der Waals surface area (Å²) in [6, 6.07) is 80.6. The number of furan rings is 1. The van der Waals surface area contributed by atoms with Crippen molar-refractivity contribution in [1.82, 2.24) is 0 Å². The lowest BCUT2D eigenvalue weighted by Crippen LogP contribution is -2.12. The zero-order valence-corrected chi connectivity index (χ0v) is 31.7. The summed E-state index contributed by atoms with van der Waals surface area (Å²) in [5, 5.41) is 6.99. The minimum atomic E-state index is 0.862. The molecule has 0 aliphatic rings. The third-order valence-electron chi connectivity index (χ3n) is 11.5. The molecule has 0 bridgehead atoms. The van der Waals surface area contributed by atoms with E-state index in [0.717, 1.165) is 72.4 Å². The number of rotatable bonds is 7. The second-order valence-corrected chi connectivity index (χ2v) is 14.9. The molecule has 0 unspecified atom stereocenters. The van der Waals surface area contributed by atoms with E-state index in [1.165, 1.54) is 32.7 Å². The molecule has 0 aliphatic heterocycles. The topological polar surface area (TPSA) is 16.4 Å². The first-order chi connectivity index (χ1) is 28.8. The van der Waals surface area contributed by atoms with Crippen LogP contribution in [0.2, 0.25) is 0 Å². The van der Waals surface area contributed by atoms with Crippen LogP contribution in [0.15, 0.2) is 229 Å². The van der Waals surface area contributed by atoms with Gasteiger partial charge in [0.25, 0.3) is 0 Å². The highest BCUT2D eigenvalue weighted by Crippen LogP contribution is 2.49. The Labute approximate surface area is 337 Å². The first-order valence-corrected chi connectivity index (χ1v) is 19.8. The molecule has 10 aromatic carbocycles. The fourth-order valence-electron chi connectivity index (χ4n) is 8.66. The van der Waals surface area contributed by atoms with Gasteiger partial charge in [0.2, 0.25) is 0 Å². The molecule has 272 valence electrons. The Morgan fingerprint density at radius 3 is 1.78 bits per heavy atom. The third kappa shape index (κ3) is 5.82. The van der Waals surface area contributed by atoms with Gasteiger partial charge in [-0.05, 0) is 97.4 Å². The number of benzene rings is 10. The van der Waals surface area contributed by atoms with Crippen LogP contribution in [0.25, 0.3) is 88.0 Å². The Morgan fingerprint density at radius 1 is 0.310 bits per heavy atom. The molecule has 0 atom stereocenters. The van der Waals surface area contributed by atoms with Crippen molar-refractivity contribution in [3.05, 3.63) is 224 Å². The van der Waals surface area contributed by atoms with Crippen molar-refractivity contribution in [2.45, 2.75) is 0 Å². The lowest BCUT2D eigenvalue weighted by Gasteiger charge is -2.29. The van der Waals surface area contributed by atoms with Gasteiger partial charge in [0.05, 0.1) is 16.8 Å². The van der Waals surface area contributed by atoms with Crippen molar-refractivity contribution in [2.24, 2.45) is 0 Å². The van der Waals surface area contributed by atoms with Crippen LogP contribution < -0.4 is 4.90 Å². The Bertz CT molecular complexity index is 3280. The number of hydrogen-bond acceptors (Lipinski definition) is 2. The molecule has 11 rings (SSSR count). The Balaban J connectivity index is 1.16. The van der Waals surface area contributed by atoms with Crippen molar-refractivity contribution in [2.75, 3.05) is 4.90 Å². The van der Waals surface area contributed by atoms with E-state index in [-0.39, 0.29) is 0 Å². The average molecular weight is 740 g/mol. The summed E-state index contributed by atoms with van der Waals surface area (Å²) in [6.07, 6.45) is 0. The van der Waals surface area contributed by atoms with Gasteiger partial charge in [-0.2, -0.15) is 0 Å². The highest BCUT2D eigenvalue weighted by atomic mass is 16.3. The lowest BCUT2D eigenvalue weighted by molar-refractivity contribution is 0.670. The molecule has 0 aliphatic carbocycles. The van der Waals surface area contributed by atoms with Crippen molar-refractivity contribution in [3.63, 3.8) is 0 Å². The smallest absolute Gasteiger partial charge is 0.145 e. The van der Waals surface area contributed by atoms with Crippen LogP contribution in [0.5, 0.6) is 0 Å². The normalized spacial score (nSPS) is 11.4. The van der Waals surface area contributed by atoms with E-state index in [1.807, 2.05) is 0 Å². The van der Waals surface area contributed by atoms with E-state index in [9.17, 15) is 0 Å². The SMILES string of the molecule is c1ccc(-c2ccc(-c3cccc(N(c4ccccc4-c4ccc5ccccc5c4)c4ccc(-c5cccc6ccccc56)c5oc6ccccc6c45)c3)cc2)cc1. The van der Waals surface area contributed by atoms with Gasteiger partial charge in [0.1, 0.15) is 11.2 Å². The summed E-state index contributed by atoms with van der Waals surface area (Å²) in [5.41, 5.74) is 14.2. The molecule has 1 aromatic heterocycles. The zero-order chi connectivity index (χ0) is 38.4. The maximum atomic E-state index is 6.93. The molecule has 0 N–H and O–H groups in total. The molecule has 11 aromatic rings. The molecule has 58 heavy (non-hydrogen) atoms. The monoisotopic (exact) mass is 739 g/mol. The molecule has 0 amide bonds. The summed E-state index contributed by atoms with van der Waals surface area (Å²) in [6.45, 7) is 0. The minimum absolute atomic E-state index is 0.862. The molecule has 1 heterocycles. The largest absolute Gasteiger partial charge is 0.455 e. The van der Waals surface area contributed by atoms with Gasteiger partial charge in [0, 0.05) is 22.2 Å². The quantitative estimate of drug-likeness (QED) is 0.162. The van der Waals surface area contributed by atoms with E-state index in [4.69, 9.17) is 4.42 Å². The maximum Gasteiger partial charge on any atom is 0.145 e. The first-order valence-electron chi connectivity index (χ1n) is 19.8. The van der Waals surface area contributed by atoms with Crippen molar-refractivity contribution >= 4 is 60.5 Å². The van der Waals surface area contributed by atoms with Gasteiger partial charge in [0.15, 0.2) is 0 Å². The molecule has 2 nitrogen and oxygen atoms in total. The summed E-state index contributed by atoms with van der Waals surface area (Å²) in [4.78, 5) is 2.43. The van der Waals surface area contributed by atoms with Crippen LogP contribution in [0.4, 0.5) is 17.1 Å². The minimum Gasteiger partial charge on any atom is -0.455 e. The van der Waals surface area contributed by atoms with Crippen LogP contribution in [0.3, 0.4) is 0 Å².